The van der Waals surface area contributed by atoms with E-state index in [2.05, 4.69) is 4.98 Å². The highest BCUT2D eigenvalue weighted by Crippen LogP contribution is 2.21. The molecule has 16 heavy (non-hydrogen) atoms. The van der Waals surface area contributed by atoms with Crippen LogP contribution in [0.2, 0.25) is 0 Å². The zero-order chi connectivity index (χ0) is 11.0. The molecule has 2 heterocycles. The highest BCUT2D eigenvalue weighted by Gasteiger charge is 2.18. The Bertz CT molecular complexity index is 503. The number of hydrogen-bond donors (Lipinski definition) is 1. The fourth-order valence-corrected chi connectivity index (χ4v) is 1.97. The number of hydrogen-bond acceptors (Lipinski definition) is 4. The van der Waals surface area contributed by atoms with E-state index in [0.29, 0.717) is 19.2 Å². The number of imidazole rings is 1. The average Bonchev–Trinajstić information content (AvgIpc) is 2.69. The molecule has 0 spiro atoms. The summed E-state index contributed by atoms with van der Waals surface area (Å²) in [5.41, 5.74) is 1.55. The summed E-state index contributed by atoms with van der Waals surface area (Å²) in [6.45, 7) is 2.90. The smallest absolute Gasteiger partial charge is 0.240 e. The van der Waals surface area contributed by atoms with Gasteiger partial charge in [-0.2, -0.15) is 0 Å². The second-order valence-electron chi connectivity index (χ2n) is 3.81. The van der Waals surface area contributed by atoms with Crippen LogP contribution in [0.4, 0.5) is 5.95 Å². The van der Waals surface area contributed by atoms with Crippen LogP contribution in [-0.4, -0.2) is 41.2 Å². The van der Waals surface area contributed by atoms with E-state index < -0.39 is 0 Å². The maximum absolute atomic E-state index is 10.0. The molecule has 5 heteroatoms. The topological polar surface area (TPSA) is 50.5 Å². The quantitative estimate of drug-likeness (QED) is 0.730. The van der Waals surface area contributed by atoms with Crippen LogP contribution in [0, 0.1) is 0 Å². The Morgan fingerprint density at radius 3 is 2.69 bits per heavy atom. The second-order valence-corrected chi connectivity index (χ2v) is 3.81. The summed E-state index contributed by atoms with van der Waals surface area (Å²) in [5, 5.41) is 10.0. The van der Waals surface area contributed by atoms with E-state index in [4.69, 9.17) is 4.74 Å². The maximum atomic E-state index is 10.0. The van der Waals surface area contributed by atoms with Gasteiger partial charge in [0.2, 0.25) is 5.95 Å². The minimum absolute atomic E-state index is 0.601. The van der Waals surface area contributed by atoms with E-state index in [1.54, 1.807) is 0 Å². The van der Waals surface area contributed by atoms with Crippen molar-refractivity contribution >= 4 is 17.0 Å². The molecule has 2 aromatic rings. The van der Waals surface area contributed by atoms with Gasteiger partial charge in [0, 0.05) is 13.1 Å². The van der Waals surface area contributed by atoms with Gasteiger partial charge in [-0.25, -0.2) is 4.98 Å². The van der Waals surface area contributed by atoms with Crippen molar-refractivity contribution in [3.8, 4) is 0 Å². The highest BCUT2D eigenvalue weighted by atomic mass is 16.5. The molecule has 1 aromatic carbocycles. The van der Waals surface area contributed by atoms with Crippen molar-refractivity contribution in [2.45, 2.75) is 0 Å². The molecule has 1 aromatic heterocycles. The number of para-hydroxylation sites is 2. The maximum Gasteiger partial charge on any atom is 0.240 e. The van der Waals surface area contributed by atoms with Gasteiger partial charge in [0.1, 0.15) is 5.52 Å². The lowest BCUT2D eigenvalue weighted by Gasteiger charge is -2.26. The first-order valence-electron chi connectivity index (χ1n) is 5.36. The Morgan fingerprint density at radius 1 is 1.19 bits per heavy atom. The molecule has 5 nitrogen and oxygen atoms in total. The van der Waals surface area contributed by atoms with Crippen molar-refractivity contribution in [1.82, 2.24) is 9.71 Å². The molecule has 1 aliphatic heterocycles. The third-order valence-electron chi connectivity index (χ3n) is 2.81. The SMILES string of the molecule is On1c(N2CCOCC2)nc2ccccc21. The summed E-state index contributed by atoms with van der Waals surface area (Å²) >= 11 is 0. The van der Waals surface area contributed by atoms with E-state index in [-0.39, 0.29) is 0 Å². The standard InChI is InChI=1S/C11H13N3O2/c15-14-10-4-2-1-3-9(10)12-11(14)13-5-7-16-8-6-13/h1-4,15H,5-8H2. The summed E-state index contributed by atoms with van der Waals surface area (Å²) in [7, 11) is 0. The van der Waals surface area contributed by atoms with Crippen molar-refractivity contribution in [1.29, 1.82) is 0 Å². The van der Waals surface area contributed by atoms with Crippen LogP contribution >= 0.6 is 0 Å². The minimum Gasteiger partial charge on any atom is -0.425 e. The Kier molecular flexibility index (Phi) is 2.18. The number of ether oxygens (including phenoxy) is 1. The summed E-state index contributed by atoms with van der Waals surface area (Å²) in [6.07, 6.45) is 0. The number of aromatic nitrogens is 2. The van der Waals surface area contributed by atoms with E-state index in [1.165, 1.54) is 0 Å². The van der Waals surface area contributed by atoms with Gasteiger partial charge in [0.05, 0.1) is 18.7 Å². The number of rotatable bonds is 1. The van der Waals surface area contributed by atoms with E-state index in [1.807, 2.05) is 29.2 Å². The number of fused-ring (bicyclic) bond motifs is 1. The predicted octanol–water partition coefficient (Wildman–Crippen LogP) is 1.11. The van der Waals surface area contributed by atoms with Gasteiger partial charge in [0.25, 0.3) is 0 Å². The van der Waals surface area contributed by atoms with Crippen LogP contribution in [0.25, 0.3) is 11.0 Å². The number of anilines is 1. The molecule has 1 saturated heterocycles. The molecular formula is C11H13N3O2. The molecular weight excluding hydrogens is 206 g/mol. The zero-order valence-corrected chi connectivity index (χ0v) is 8.83. The van der Waals surface area contributed by atoms with Gasteiger partial charge in [-0.1, -0.05) is 12.1 Å². The lowest BCUT2D eigenvalue weighted by Crippen LogP contribution is -2.37. The predicted molar refractivity (Wildman–Crippen MR) is 59.9 cm³/mol. The van der Waals surface area contributed by atoms with E-state index >= 15 is 0 Å². The molecule has 1 N–H and O–H groups in total. The third-order valence-corrected chi connectivity index (χ3v) is 2.81. The largest absolute Gasteiger partial charge is 0.425 e. The first-order chi connectivity index (χ1) is 7.86. The van der Waals surface area contributed by atoms with Gasteiger partial charge in [0.15, 0.2) is 0 Å². The molecule has 84 valence electrons. The molecule has 0 unspecified atom stereocenters. The lowest BCUT2D eigenvalue weighted by atomic mass is 10.3. The second kappa shape index (κ2) is 3.68. The van der Waals surface area contributed by atoms with Crippen molar-refractivity contribution in [2.75, 3.05) is 31.2 Å². The normalized spacial score (nSPS) is 16.9. The minimum atomic E-state index is 0.601. The van der Waals surface area contributed by atoms with Gasteiger partial charge < -0.3 is 14.8 Å². The van der Waals surface area contributed by atoms with E-state index in [0.717, 1.165) is 28.9 Å². The van der Waals surface area contributed by atoms with Gasteiger partial charge in [-0.15, -0.1) is 4.73 Å². The molecule has 0 radical (unpaired) electrons. The van der Waals surface area contributed by atoms with Gasteiger partial charge >= 0.3 is 0 Å². The molecule has 1 aliphatic rings. The Labute approximate surface area is 92.8 Å². The average molecular weight is 219 g/mol. The fraction of sp³-hybridized carbons (Fsp3) is 0.364. The van der Waals surface area contributed by atoms with Gasteiger partial charge in [-0.05, 0) is 12.1 Å². The summed E-state index contributed by atoms with van der Waals surface area (Å²) in [6, 6.07) is 7.55. The van der Waals surface area contributed by atoms with Crippen molar-refractivity contribution < 1.29 is 9.94 Å². The van der Waals surface area contributed by atoms with Crippen molar-refractivity contribution in [2.24, 2.45) is 0 Å². The van der Waals surface area contributed by atoms with Gasteiger partial charge in [-0.3, -0.25) is 0 Å². The molecule has 0 atom stereocenters. The first kappa shape index (κ1) is 9.47. The van der Waals surface area contributed by atoms with Crippen molar-refractivity contribution in [3.63, 3.8) is 0 Å². The van der Waals surface area contributed by atoms with E-state index in [9.17, 15) is 5.21 Å². The molecule has 3 rings (SSSR count). The van der Waals surface area contributed by atoms with Crippen LogP contribution in [-0.2, 0) is 4.74 Å². The van der Waals surface area contributed by atoms with Crippen LogP contribution in [0.5, 0.6) is 0 Å². The molecule has 1 fully saturated rings. The molecule has 0 bridgehead atoms. The van der Waals surface area contributed by atoms with Crippen LogP contribution in [0.15, 0.2) is 24.3 Å². The third kappa shape index (κ3) is 1.40. The highest BCUT2D eigenvalue weighted by molar-refractivity contribution is 5.78. The molecule has 0 amide bonds. The number of morpholine rings is 1. The lowest BCUT2D eigenvalue weighted by molar-refractivity contribution is 0.118. The Hall–Kier alpha value is -1.75. The Morgan fingerprint density at radius 2 is 1.94 bits per heavy atom. The molecule has 0 saturated carbocycles. The zero-order valence-electron chi connectivity index (χ0n) is 8.83. The summed E-state index contributed by atoms with van der Waals surface area (Å²) in [5.74, 6) is 0.601. The van der Waals surface area contributed by atoms with Crippen LogP contribution in [0.1, 0.15) is 0 Å². The number of nitrogens with zero attached hydrogens (tertiary/aromatic N) is 3. The van der Waals surface area contributed by atoms with Crippen molar-refractivity contribution in [3.05, 3.63) is 24.3 Å². The Balaban J connectivity index is 2.05. The monoisotopic (exact) mass is 219 g/mol. The summed E-state index contributed by atoms with van der Waals surface area (Å²) < 4.78 is 6.43. The molecule has 0 aliphatic carbocycles. The van der Waals surface area contributed by atoms with Crippen LogP contribution in [0.3, 0.4) is 0 Å². The van der Waals surface area contributed by atoms with Crippen LogP contribution < -0.4 is 4.90 Å². The number of benzene rings is 1. The first-order valence-corrected chi connectivity index (χ1v) is 5.36. The fourth-order valence-electron chi connectivity index (χ4n) is 1.97. The summed E-state index contributed by atoms with van der Waals surface area (Å²) in [4.78, 5) is 6.45.